The van der Waals surface area contributed by atoms with E-state index in [4.69, 9.17) is 9.47 Å². The summed E-state index contributed by atoms with van der Waals surface area (Å²) < 4.78 is 10.9. The number of aryl methyl sites for hydroxylation is 1. The number of ketones is 1. The van der Waals surface area contributed by atoms with Gasteiger partial charge in [0.15, 0.2) is 17.3 Å². The van der Waals surface area contributed by atoms with Crippen molar-refractivity contribution < 1.29 is 24.2 Å². The molecular weight excluding hydrogens is 524 g/mol. The molecule has 0 aliphatic carbocycles. The molecule has 204 valence electrons. The summed E-state index contributed by atoms with van der Waals surface area (Å²) >= 11 is 1.24. The summed E-state index contributed by atoms with van der Waals surface area (Å²) in [6, 6.07) is 21.5. The number of aromatic nitrogens is 1. The fraction of sp³-hybridized carbons (Fsp3) is 0.219. The van der Waals surface area contributed by atoms with Crippen LogP contribution in [0.3, 0.4) is 0 Å². The van der Waals surface area contributed by atoms with E-state index >= 15 is 0 Å². The van der Waals surface area contributed by atoms with Crippen LogP contribution in [0.1, 0.15) is 52.3 Å². The average molecular weight is 555 g/mol. The van der Waals surface area contributed by atoms with Gasteiger partial charge in [-0.1, -0.05) is 62.4 Å². The number of carbonyl (C=O) groups excluding carboxylic acids is 2. The number of benzene rings is 3. The van der Waals surface area contributed by atoms with Gasteiger partial charge in [-0.2, -0.15) is 0 Å². The van der Waals surface area contributed by atoms with Crippen LogP contribution in [0.15, 0.2) is 84.1 Å². The Morgan fingerprint density at radius 1 is 0.975 bits per heavy atom. The zero-order valence-electron chi connectivity index (χ0n) is 23.0. The van der Waals surface area contributed by atoms with E-state index in [0.29, 0.717) is 44.2 Å². The topological polar surface area (TPSA) is 89.0 Å². The van der Waals surface area contributed by atoms with Crippen LogP contribution in [-0.4, -0.2) is 36.0 Å². The largest absolute Gasteiger partial charge is 0.503 e. The first-order chi connectivity index (χ1) is 19.2. The molecule has 4 aromatic rings. The van der Waals surface area contributed by atoms with E-state index < -0.39 is 23.5 Å². The molecule has 5 rings (SSSR count). The molecule has 0 saturated carbocycles. The summed E-state index contributed by atoms with van der Waals surface area (Å²) in [4.78, 5) is 34.3. The lowest BCUT2D eigenvalue weighted by Crippen LogP contribution is -2.31. The number of methoxy groups -OCH3 is 2. The van der Waals surface area contributed by atoms with Gasteiger partial charge in [-0.25, -0.2) is 4.98 Å². The Kier molecular flexibility index (Phi) is 7.45. The van der Waals surface area contributed by atoms with E-state index in [1.54, 1.807) is 25.1 Å². The third kappa shape index (κ3) is 4.75. The number of aliphatic hydroxyl groups excluding tert-OH is 1. The Hall–Kier alpha value is -4.43. The fourth-order valence-electron chi connectivity index (χ4n) is 4.90. The zero-order chi connectivity index (χ0) is 28.6. The average Bonchev–Trinajstić information content (AvgIpc) is 3.49. The highest BCUT2D eigenvalue weighted by Crippen LogP contribution is 2.45. The minimum Gasteiger partial charge on any atom is -0.503 e. The standard InChI is InChI=1S/C32H30N2O5S/c1-18(2)20-11-14-23(15-12-20)34-27(22-13-16-24(38-4)25(17-22)39-5)26(29(36)32(34)37)28(35)30-19(3)33-31(40-30)21-9-7-6-8-10-21/h6-18,27,36H,1-5H3. The number of nitrogens with zero attached hydrogens (tertiary/aromatic N) is 2. The normalized spacial score (nSPS) is 15.2. The fourth-order valence-corrected chi connectivity index (χ4v) is 5.92. The summed E-state index contributed by atoms with van der Waals surface area (Å²) in [6.07, 6.45) is 0. The molecule has 1 aromatic heterocycles. The van der Waals surface area contributed by atoms with Crippen LogP contribution in [0.4, 0.5) is 5.69 Å². The van der Waals surface area contributed by atoms with E-state index in [-0.39, 0.29) is 5.57 Å². The van der Waals surface area contributed by atoms with Crippen LogP contribution in [0, 0.1) is 6.92 Å². The van der Waals surface area contributed by atoms with Crippen molar-refractivity contribution in [2.75, 3.05) is 19.1 Å². The molecule has 1 aliphatic rings. The second-order valence-electron chi connectivity index (χ2n) is 9.83. The maximum atomic E-state index is 14.2. The van der Waals surface area contributed by atoms with Crippen molar-refractivity contribution in [2.24, 2.45) is 0 Å². The summed E-state index contributed by atoms with van der Waals surface area (Å²) in [7, 11) is 3.06. The van der Waals surface area contributed by atoms with E-state index in [2.05, 4.69) is 18.8 Å². The number of rotatable bonds is 8. The SMILES string of the molecule is COc1ccc(C2C(C(=O)c3sc(-c4ccccc4)nc3C)=C(O)C(=O)N2c2ccc(C(C)C)cc2)cc1OC. The zero-order valence-corrected chi connectivity index (χ0v) is 23.8. The first kappa shape index (κ1) is 27.1. The van der Waals surface area contributed by atoms with Gasteiger partial charge in [0.25, 0.3) is 5.91 Å². The number of ether oxygens (including phenoxy) is 2. The minimum absolute atomic E-state index is 0.00322. The number of anilines is 1. The van der Waals surface area contributed by atoms with E-state index in [0.717, 1.165) is 11.1 Å². The highest BCUT2D eigenvalue weighted by atomic mass is 32.1. The lowest BCUT2D eigenvalue weighted by molar-refractivity contribution is -0.117. The van der Waals surface area contributed by atoms with E-state index in [9.17, 15) is 14.7 Å². The van der Waals surface area contributed by atoms with Crippen molar-refractivity contribution in [3.05, 3.63) is 106 Å². The number of Topliss-reactive ketones (excluding diaryl/α,β-unsaturated/α-hetero) is 1. The summed E-state index contributed by atoms with van der Waals surface area (Å²) in [5.74, 6) is -0.403. The predicted octanol–water partition coefficient (Wildman–Crippen LogP) is 7.04. The molecule has 0 bridgehead atoms. The number of amides is 1. The highest BCUT2D eigenvalue weighted by Gasteiger charge is 2.45. The Balaban J connectivity index is 1.64. The minimum atomic E-state index is -0.897. The molecule has 1 aliphatic heterocycles. The molecular formula is C32H30N2O5S. The van der Waals surface area contributed by atoms with Gasteiger partial charge in [-0.3, -0.25) is 14.5 Å². The maximum Gasteiger partial charge on any atom is 0.294 e. The number of carbonyl (C=O) groups is 2. The number of thiazole rings is 1. The molecule has 2 heterocycles. The van der Waals surface area contributed by atoms with Gasteiger partial charge in [0, 0.05) is 11.3 Å². The third-order valence-electron chi connectivity index (χ3n) is 7.04. The van der Waals surface area contributed by atoms with Gasteiger partial charge in [-0.05, 0) is 48.2 Å². The number of hydrogen-bond donors (Lipinski definition) is 1. The first-order valence-electron chi connectivity index (χ1n) is 12.9. The molecule has 1 unspecified atom stereocenters. The van der Waals surface area contributed by atoms with Gasteiger partial charge in [0.1, 0.15) is 5.01 Å². The van der Waals surface area contributed by atoms with Crippen molar-refractivity contribution in [3.63, 3.8) is 0 Å². The van der Waals surface area contributed by atoms with Crippen molar-refractivity contribution >= 4 is 28.7 Å². The van der Waals surface area contributed by atoms with Crippen LogP contribution < -0.4 is 14.4 Å². The summed E-state index contributed by atoms with van der Waals surface area (Å²) in [5, 5.41) is 11.9. The van der Waals surface area contributed by atoms with Gasteiger partial charge >= 0.3 is 0 Å². The Labute approximate surface area is 237 Å². The molecule has 0 radical (unpaired) electrons. The van der Waals surface area contributed by atoms with Crippen molar-refractivity contribution in [3.8, 4) is 22.1 Å². The van der Waals surface area contributed by atoms with E-state index in [1.165, 1.54) is 30.5 Å². The van der Waals surface area contributed by atoms with Crippen LogP contribution in [0.25, 0.3) is 10.6 Å². The Morgan fingerprint density at radius 2 is 1.65 bits per heavy atom. The Bertz CT molecular complexity index is 1610. The smallest absolute Gasteiger partial charge is 0.294 e. The molecule has 1 atom stereocenters. The number of aliphatic hydroxyl groups is 1. The number of hydrogen-bond acceptors (Lipinski definition) is 7. The van der Waals surface area contributed by atoms with Crippen LogP contribution in [0.2, 0.25) is 0 Å². The molecule has 0 fully saturated rings. The third-order valence-corrected chi connectivity index (χ3v) is 8.24. The first-order valence-corrected chi connectivity index (χ1v) is 13.7. The second kappa shape index (κ2) is 11.0. The second-order valence-corrected chi connectivity index (χ2v) is 10.8. The van der Waals surface area contributed by atoms with Gasteiger partial charge in [0.2, 0.25) is 5.78 Å². The molecule has 8 heteroatoms. The van der Waals surface area contributed by atoms with Crippen molar-refractivity contribution in [2.45, 2.75) is 32.7 Å². The van der Waals surface area contributed by atoms with Gasteiger partial charge < -0.3 is 14.6 Å². The molecule has 40 heavy (non-hydrogen) atoms. The van der Waals surface area contributed by atoms with Crippen molar-refractivity contribution in [1.29, 1.82) is 0 Å². The molecule has 1 N–H and O–H groups in total. The maximum absolute atomic E-state index is 14.2. The molecule has 7 nitrogen and oxygen atoms in total. The van der Waals surface area contributed by atoms with Crippen molar-refractivity contribution in [1.82, 2.24) is 4.98 Å². The molecule has 1 amide bonds. The molecule has 3 aromatic carbocycles. The highest BCUT2D eigenvalue weighted by molar-refractivity contribution is 7.17. The summed E-state index contributed by atoms with van der Waals surface area (Å²) in [5.41, 5.74) is 3.69. The molecule has 0 spiro atoms. The molecule has 0 saturated heterocycles. The van der Waals surface area contributed by atoms with E-state index in [1.807, 2.05) is 54.6 Å². The van der Waals surface area contributed by atoms with Gasteiger partial charge in [0.05, 0.1) is 36.4 Å². The quantitative estimate of drug-likeness (QED) is 0.235. The Morgan fingerprint density at radius 3 is 2.27 bits per heavy atom. The van der Waals surface area contributed by atoms with Crippen LogP contribution in [-0.2, 0) is 4.79 Å². The lowest BCUT2D eigenvalue weighted by atomic mass is 9.94. The predicted molar refractivity (Wildman–Crippen MR) is 157 cm³/mol. The van der Waals surface area contributed by atoms with Crippen LogP contribution in [0.5, 0.6) is 11.5 Å². The van der Waals surface area contributed by atoms with Gasteiger partial charge in [-0.15, -0.1) is 11.3 Å². The lowest BCUT2D eigenvalue weighted by Gasteiger charge is -2.27. The van der Waals surface area contributed by atoms with Crippen LogP contribution >= 0.6 is 11.3 Å². The summed E-state index contributed by atoms with van der Waals surface area (Å²) in [6.45, 7) is 5.94. The monoisotopic (exact) mass is 554 g/mol.